The van der Waals surface area contributed by atoms with E-state index in [2.05, 4.69) is 30.8 Å². The summed E-state index contributed by atoms with van der Waals surface area (Å²) in [5, 5.41) is 13.3. The van der Waals surface area contributed by atoms with E-state index in [1.807, 2.05) is 0 Å². The molecule has 0 unspecified atom stereocenters. The highest BCUT2D eigenvalue weighted by atomic mass is 35.5. The maximum Gasteiger partial charge on any atom is 0.273 e. The highest BCUT2D eigenvalue weighted by Gasteiger charge is 2.18. The number of nitrogens with one attached hydrogen (secondary N) is 2. The molecule has 0 aliphatic rings. The maximum atomic E-state index is 12.1. The molecule has 0 bridgehead atoms. The van der Waals surface area contributed by atoms with E-state index in [0.29, 0.717) is 28.4 Å². The van der Waals surface area contributed by atoms with Crippen molar-refractivity contribution in [2.45, 2.75) is 0 Å². The summed E-state index contributed by atoms with van der Waals surface area (Å²) in [6, 6.07) is 6.85. The fourth-order valence-corrected chi connectivity index (χ4v) is 2.91. The van der Waals surface area contributed by atoms with Gasteiger partial charge in [0.15, 0.2) is 16.6 Å². The van der Waals surface area contributed by atoms with Gasteiger partial charge >= 0.3 is 0 Å². The van der Waals surface area contributed by atoms with Gasteiger partial charge in [-0.15, -0.1) is 10.2 Å². The zero-order valence-corrected chi connectivity index (χ0v) is 18.1. The van der Waals surface area contributed by atoms with E-state index in [9.17, 15) is 9.59 Å². The molecule has 160 valence electrons. The molecule has 0 saturated carbocycles. The zero-order chi connectivity index (χ0) is 22.5. The van der Waals surface area contributed by atoms with E-state index in [-0.39, 0.29) is 22.4 Å². The van der Waals surface area contributed by atoms with Gasteiger partial charge in [0.2, 0.25) is 0 Å². The Balaban J connectivity index is 2.01. The van der Waals surface area contributed by atoms with Crippen LogP contribution in [0.4, 0.5) is 11.4 Å². The third kappa shape index (κ3) is 4.69. The lowest BCUT2D eigenvalue weighted by atomic mass is 10.1. The molecule has 2 N–H and O–H groups in total. The van der Waals surface area contributed by atoms with Crippen LogP contribution in [0.25, 0.3) is 11.3 Å². The van der Waals surface area contributed by atoms with E-state index < -0.39 is 5.91 Å². The molecule has 2 aromatic heterocycles. The molecule has 10 nitrogen and oxygen atoms in total. The predicted octanol–water partition coefficient (Wildman–Crippen LogP) is 2.40. The van der Waals surface area contributed by atoms with Crippen LogP contribution in [-0.2, 0) is 0 Å². The minimum absolute atomic E-state index is 0.0747. The fourth-order valence-electron chi connectivity index (χ4n) is 2.76. The molecule has 0 aliphatic heterocycles. The van der Waals surface area contributed by atoms with E-state index in [1.165, 1.54) is 37.5 Å². The SMILES string of the molecule is CNC(=O)c1nnc(Cl)cc1Nc1cccc(-c2cnc(C(=O)N(C)C)cn2)c1OC. The third-order valence-corrected chi connectivity index (χ3v) is 4.43. The topological polar surface area (TPSA) is 122 Å². The summed E-state index contributed by atoms with van der Waals surface area (Å²) in [7, 11) is 6.29. The second-order valence-electron chi connectivity index (χ2n) is 6.51. The second-order valence-corrected chi connectivity index (χ2v) is 6.89. The molecule has 3 rings (SSSR count). The Morgan fingerprint density at radius 2 is 1.87 bits per heavy atom. The number of halogens is 1. The van der Waals surface area contributed by atoms with Crippen LogP contribution in [0.2, 0.25) is 5.15 Å². The van der Waals surface area contributed by atoms with Gasteiger partial charge in [-0.1, -0.05) is 17.7 Å². The van der Waals surface area contributed by atoms with Crippen LogP contribution in [0.1, 0.15) is 21.0 Å². The molecule has 1 aromatic carbocycles. The maximum absolute atomic E-state index is 12.1. The summed E-state index contributed by atoms with van der Waals surface area (Å²) in [6.45, 7) is 0. The second kappa shape index (κ2) is 9.35. The molecule has 0 radical (unpaired) electrons. The molecule has 0 saturated heterocycles. The minimum atomic E-state index is -0.422. The van der Waals surface area contributed by atoms with Gasteiger partial charge in [0, 0.05) is 32.8 Å². The Bertz CT molecular complexity index is 1120. The van der Waals surface area contributed by atoms with Crippen molar-refractivity contribution >= 4 is 34.8 Å². The number of hydrogen-bond donors (Lipinski definition) is 2. The van der Waals surface area contributed by atoms with Crippen LogP contribution in [0.15, 0.2) is 36.7 Å². The number of nitrogens with zero attached hydrogens (tertiary/aromatic N) is 5. The number of benzene rings is 1. The van der Waals surface area contributed by atoms with Gasteiger partial charge in [-0.05, 0) is 12.1 Å². The van der Waals surface area contributed by atoms with Crippen LogP contribution >= 0.6 is 11.6 Å². The summed E-state index contributed by atoms with van der Waals surface area (Å²) in [6.07, 6.45) is 2.91. The Labute approximate surface area is 183 Å². The predicted molar refractivity (Wildman–Crippen MR) is 116 cm³/mol. The number of aromatic nitrogens is 4. The van der Waals surface area contributed by atoms with Crippen molar-refractivity contribution in [2.75, 3.05) is 33.6 Å². The summed E-state index contributed by atoms with van der Waals surface area (Å²) in [5.74, 6) is -0.210. The van der Waals surface area contributed by atoms with Crippen LogP contribution in [0.5, 0.6) is 5.75 Å². The average molecular weight is 442 g/mol. The lowest BCUT2D eigenvalue weighted by molar-refractivity contribution is 0.0821. The first-order valence-electron chi connectivity index (χ1n) is 9.09. The highest BCUT2D eigenvalue weighted by molar-refractivity contribution is 6.29. The molecule has 11 heteroatoms. The first-order chi connectivity index (χ1) is 14.8. The lowest BCUT2D eigenvalue weighted by Gasteiger charge is -2.16. The molecular formula is C20H20ClN7O3. The van der Waals surface area contributed by atoms with Gasteiger partial charge in [-0.3, -0.25) is 14.6 Å². The first kappa shape index (κ1) is 21.9. The summed E-state index contributed by atoms with van der Waals surface area (Å²) < 4.78 is 5.60. The Hall–Kier alpha value is -3.79. The number of anilines is 2. The van der Waals surface area contributed by atoms with Gasteiger partial charge in [0.1, 0.15) is 5.69 Å². The van der Waals surface area contributed by atoms with E-state index in [1.54, 1.807) is 32.3 Å². The smallest absolute Gasteiger partial charge is 0.273 e. The number of amides is 2. The van der Waals surface area contributed by atoms with E-state index >= 15 is 0 Å². The van der Waals surface area contributed by atoms with Gasteiger partial charge in [-0.25, -0.2) is 4.98 Å². The largest absolute Gasteiger partial charge is 0.494 e. The van der Waals surface area contributed by atoms with Gasteiger partial charge < -0.3 is 20.3 Å². The Morgan fingerprint density at radius 3 is 2.48 bits per heavy atom. The van der Waals surface area contributed by atoms with E-state index in [0.717, 1.165) is 0 Å². The summed E-state index contributed by atoms with van der Waals surface area (Å²) >= 11 is 5.97. The lowest BCUT2D eigenvalue weighted by Crippen LogP contribution is -2.22. The van der Waals surface area contributed by atoms with Gasteiger partial charge in [0.05, 0.1) is 36.6 Å². The molecule has 0 aliphatic carbocycles. The molecule has 31 heavy (non-hydrogen) atoms. The first-order valence-corrected chi connectivity index (χ1v) is 9.47. The molecule has 3 aromatic rings. The van der Waals surface area contributed by atoms with Crippen LogP contribution < -0.4 is 15.4 Å². The number of hydrogen-bond acceptors (Lipinski definition) is 8. The standard InChI is InChI=1S/C20H20ClN7O3/c1-22-19(29)17-13(8-16(21)26-27-17)25-12-7-5-6-11(18(12)31-4)14-9-24-15(10-23-14)20(30)28(2)3/h5-10H,1-4H3,(H,22,29)(H,25,26). The molecule has 2 heterocycles. The third-order valence-electron chi connectivity index (χ3n) is 4.25. The fraction of sp³-hybridized carbons (Fsp3) is 0.200. The van der Waals surface area contributed by atoms with Crippen molar-refractivity contribution in [3.8, 4) is 17.0 Å². The zero-order valence-electron chi connectivity index (χ0n) is 17.3. The number of rotatable bonds is 6. The van der Waals surface area contributed by atoms with Crippen molar-refractivity contribution in [3.63, 3.8) is 0 Å². The van der Waals surface area contributed by atoms with Crippen molar-refractivity contribution < 1.29 is 14.3 Å². The van der Waals surface area contributed by atoms with Gasteiger partial charge in [0.25, 0.3) is 11.8 Å². The molecular weight excluding hydrogens is 422 g/mol. The molecule has 0 atom stereocenters. The van der Waals surface area contributed by atoms with Crippen LogP contribution in [0, 0.1) is 0 Å². The van der Waals surface area contributed by atoms with E-state index in [4.69, 9.17) is 16.3 Å². The Morgan fingerprint density at radius 1 is 1.10 bits per heavy atom. The Kier molecular flexibility index (Phi) is 6.61. The van der Waals surface area contributed by atoms with Crippen LogP contribution in [0.3, 0.4) is 0 Å². The normalized spacial score (nSPS) is 10.4. The summed E-state index contributed by atoms with van der Waals surface area (Å²) in [4.78, 5) is 34.2. The number of para-hydroxylation sites is 1. The number of carbonyl (C=O) groups is 2. The number of ether oxygens (including phenoxy) is 1. The average Bonchev–Trinajstić information content (AvgIpc) is 2.78. The van der Waals surface area contributed by atoms with Crippen molar-refractivity contribution in [1.82, 2.24) is 30.4 Å². The number of carbonyl (C=O) groups excluding carboxylic acids is 2. The minimum Gasteiger partial charge on any atom is -0.494 e. The number of methoxy groups -OCH3 is 1. The summed E-state index contributed by atoms with van der Waals surface area (Å²) in [5.41, 5.74) is 2.35. The van der Waals surface area contributed by atoms with Crippen LogP contribution in [-0.4, -0.2) is 65.1 Å². The molecule has 2 amide bonds. The highest BCUT2D eigenvalue weighted by Crippen LogP contribution is 2.37. The van der Waals surface area contributed by atoms with Crippen molar-refractivity contribution in [3.05, 3.63) is 53.2 Å². The molecule has 0 fully saturated rings. The van der Waals surface area contributed by atoms with Crippen molar-refractivity contribution in [2.24, 2.45) is 0 Å². The molecule has 0 spiro atoms. The quantitative estimate of drug-likeness (QED) is 0.597. The van der Waals surface area contributed by atoms with Crippen molar-refractivity contribution in [1.29, 1.82) is 0 Å². The van der Waals surface area contributed by atoms with Gasteiger partial charge in [-0.2, -0.15) is 0 Å². The monoisotopic (exact) mass is 441 g/mol.